The molecule has 0 aliphatic carbocycles. The van der Waals surface area contributed by atoms with Crippen molar-refractivity contribution in [2.24, 2.45) is 0 Å². The molecule has 0 aliphatic rings. The standard InChI is InChI=1S/C9H15NO/c1-5-6-7-9(11)10(4)8(2)3/h1,8H,6-7H2,2-4H3. The fraction of sp³-hybridized carbons (Fsp3) is 0.667. The summed E-state index contributed by atoms with van der Waals surface area (Å²) in [7, 11) is 1.80. The first kappa shape index (κ1) is 10.0. The smallest absolute Gasteiger partial charge is 0.223 e. The van der Waals surface area contributed by atoms with Gasteiger partial charge in [-0.1, -0.05) is 0 Å². The van der Waals surface area contributed by atoms with Crippen molar-refractivity contribution in [3.05, 3.63) is 0 Å². The summed E-state index contributed by atoms with van der Waals surface area (Å²) in [6.07, 6.45) is 6.03. The summed E-state index contributed by atoms with van der Waals surface area (Å²) in [4.78, 5) is 12.9. The van der Waals surface area contributed by atoms with Crippen LogP contribution in [-0.4, -0.2) is 23.9 Å². The quantitative estimate of drug-likeness (QED) is 0.559. The van der Waals surface area contributed by atoms with Crippen molar-refractivity contribution in [1.82, 2.24) is 4.90 Å². The SMILES string of the molecule is C#CCCC(=O)N(C)C(C)C. The third-order valence-electron chi connectivity index (χ3n) is 1.65. The van der Waals surface area contributed by atoms with Crippen LogP contribution >= 0.6 is 0 Å². The lowest BCUT2D eigenvalue weighted by Gasteiger charge is -2.20. The maximum Gasteiger partial charge on any atom is 0.223 e. The zero-order valence-corrected chi connectivity index (χ0v) is 7.42. The summed E-state index contributed by atoms with van der Waals surface area (Å²) in [6, 6.07) is 0.264. The van der Waals surface area contributed by atoms with Gasteiger partial charge < -0.3 is 4.90 Å². The lowest BCUT2D eigenvalue weighted by molar-refractivity contribution is -0.131. The minimum atomic E-state index is 0.123. The van der Waals surface area contributed by atoms with Crippen molar-refractivity contribution in [3.63, 3.8) is 0 Å². The molecule has 1 amide bonds. The molecule has 0 spiro atoms. The van der Waals surface area contributed by atoms with Gasteiger partial charge in [0.2, 0.25) is 5.91 Å². The van der Waals surface area contributed by atoms with Crippen molar-refractivity contribution in [2.45, 2.75) is 32.7 Å². The Morgan fingerprint density at radius 3 is 2.55 bits per heavy atom. The molecule has 0 atom stereocenters. The highest BCUT2D eigenvalue weighted by Crippen LogP contribution is 1.99. The van der Waals surface area contributed by atoms with Crippen LogP contribution in [-0.2, 0) is 4.79 Å². The lowest BCUT2D eigenvalue weighted by atomic mass is 10.2. The van der Waals surface area contributed by atoms with Gasteiger partial charge in [-0.15, -0.1) is 12.3 Å². The molecule has 0 aromatic rings. The van der Waals surface area contributed by atoms with E-state index in [1.807, 2.05) is 13.8 Å². The molecule has 0 fully saturated rings. The normalized spacial score (nSPS) is 9.36. The van der Waals surface area contributed by atoms with E-state index in [0.717, 1.165) is 0 Å². The Morgan fingerprint density at radius 1 is 1.64 bits per heavy atom. The number of nitrogens with zero attached hydrogens (tertiary/aromatic N) is 1. The predicted molar refractivity (Wildman–Crippen MR) is 46.0 cm³/mol. The molecule has 0 saturated carbocycles. The van der Waals surface area contributed by atoms with Gasteiger partial charge in [0.15, 0.2) is 0 Å². The number of carbonyl (C=O) groups excluding carboxylic acids is 1. The number of rotatable bonds is 3. The van der Waals surface area contributed by atoms with E-state index < -0.39 is 0 Å². The van der Waals surface area contributed by atoms with Crippen molar-refractivity contribution in [2.75, 3.05) is 7.05 Å². The molecule has 0 radical (unpaired) electrons. The third kappa shape index (κ3) is 3.67. The highest BCUT2D eigenvalue weighted by atomic mass is 16.2. The van der Waals surface area contributed by atoms with Crippen molar-refractivity contribution in [1.29, 1.82) is 0 Å². The number of carbonyl (C=O) groups is 1. The molecule has 0 rings (SSSR count). The van der Waals surface area contributed by atoms with E-state index in [4.69, 9.17) is 6.42 Å². The monoisotopic (exact) mass is 153 g/mol. The first-order chi connectivity index (χ1) is 5.09. The maximum atomic E-state index is 11.2. The van der Waals surface area contributed by atoms with Crippen LogP contribution in [0.3, 0.4) is 0 Å². The van der Waals surface area contributed by atoms with Gasteiger partial charge in [0, 0.05) is 25.9 Å². The summed E-state index contributed by atoms with van der Waals surface area (Å²) < 4.78 is 0. The fourth-order valence-electron chi connectivity index (χ4n) is 0.643. The highest BCUT2D eigenvalue weighted by molar-refractivity contribution is 5.76. The molecule has 0 heterocycles. The number of amides is 1. The van der Waals surface area contributed by atoms with E-state index in [9.17, 15) is 4.79 Å². The Bertz CT molecular complexity index is 167. The highest BCUT2D eigenvalue weighted by Gasteiger charge is 2.09. The Hall–Kier alpha value is -0.970. The molecule has 0 aromatic carbocycles. The Kier molecular flexibility index (Phi) is 4.36. The first-order valence-electron chi connectivity index (χ1n) is 3.78. The van der Waals surface area contributed by atoms with E-state index in [-0.39, 0.29) is 11.9 Å². The van der Waals surface area contributed by atoms with Crippen LogP contribution in [0.1, 0.15) is 26.7 Å². The van der Waals surface area contributed by atoms with Crippen LogP contribution in [0.5, 0.6) is 0 Å². The molecule has 0 aromatic heterocycles. The topological polar surface area (TPSA) is 20.3 Å². The summed E-state index contributed by atoms with van der Waals surface area (Å²) in [5, 5.41) is 0. The molecule has 0 aliphatic heterocycles. The van der Waals surface area contributed by atoms with E-state index in [0.29, 0.717) is 12.8 Å². The Balaban J connectivity index is 3.76. The van der Waals surface area contributed by atoms with Gasteiger partial charge in [0.25, 0.3) is 0 Å². The van der Waals surface area contributed by atoms with E-state index >= 15 is 0 Å². The molecule has 0 N–H and O–H groups in total. The average Bonchev–Trinajstić information content (AvgIpc) is 1.98. The minimum Gasteiger partial charge on any atom is -0.343 e. The zero-order valence-electron chi connectivity index (χ0n) is 7.42. The first-order valence-corrected chi connectivity index (χ1v) is 3.78. The molecular formula is C9H15NO. The van der Waals surface area contributed by atoms with Gasteiger partial charge in [0.05, 0.1) is 0 Å². The molecule has 0 bridgehead atoms. The molecule has 11 heavy (non-hydrogen) atoms. The number of terminal acetylenes is 1. The van der Waals surface area contributed by atoms with Gasteiger partial charge in [-0.3, -0.25) is 4.79 Å². The van der Waals surface area contributed by atoms with Gasteiger partial charge in [-0.05, 0) is 13.8 Å². The van der Waals surface area contributed by atoms with Gasteiger partial charge >= 0.3 is 0 Å². The van der Waals surface area contributed by atoms with Crippen LogP contribution in [0.15, 0.2) is 0 Å². The van der Waals surface area contributed by atoms with Crippen LogP contribution in [0.25, 0.3) is 0 Å². The van der Waals surface area contributed by atoms with Crippen molar-refractivity contribution in [3.8, 4) is 12.3 Å². The average molecular weight is 153 g/mol. The molecule has 2 nitrogen and oxygen atoms in total. The molecule has 2 heteroatoms. The largest absolute Gasteiger partial charge is 0.343 e. The zero-order chi connectivity index (χ0) is 8.85. The molecule has 62 valence electrons. The maximum absolute atomic E-state index is 11.2. The van der Waals surface area contributed by atoms with Crippen molar-refractivity contribution >= 4 is 5.91 Å². The number of hydrogen-bond donors (Lipinski definition) is 0. The molecule has 0 unspecified atom stereocenters. The van der Waals surface area contributed by atoms with Crippen LogP contribution in [0, 0.1) is 12.3 Å². The number of hydrogen-bond acceptors (Lipinski definition) is 1. The second kappa shape index (κ2) is 4.79. The van der Waals surface area contributed by atoms with Crippen LogP contribution in [0.4, 0.5) is 0 Å². The summed E-state index contributed by atoms with van der Waals surface area (Å²) in [5.74, 6) is 2.57. The summed E-state index contributed by atoms with van der Waals surface area (Å²) in [6.45, 7) is 3.96. The fourth-order valence-corrected chi connectivity index (χ4v) is 0.643. The van der Waals surface area contributed by atoms with E-state index in [1.54, 1.807) is 11.9 Å². The van der Waals surface area contributed by atoms with Gasteiger partial charge in [-0.25, -0.2) is 0 Å². The van der Waals surface area contributed by atoms with E-state index in [1.165, 1.54) is 0 Å². The Morgan fingerprint density at radius 2 is 2.18 bits per heavy atom. The third-order valence-corrected chi connectivity index (χ3v) is 1.65. The summed E-state index contributed by atoms with van der Waals surface area (Å²) >= 11 is 0. The van der Waals surface area contributed by atoms with E-state index in [2.05, 4.69) is 5.92 Å². The summed E-state index contributed by atoms with van der Waals surface area (Å²) in [5.41, 5.74) is 0. The molecule has 0 saturated heterocycles. The van der Waals surface area contributed by atoms with Crippen LogP contribution < -0.4 is 0 Å². The van der Waals surface area contributed by atoms with Gasteiger partial charge in [-0.2, -0.15) is 0 Å². The second-order valence-corrected chi connectivity index (χ2v) is 2.80. The van der Waals surface area contributed by atoms with Crippen molar-refractivity contribution < 1.29 is 4.79 Å². The molecular weight excluding hydrogens is 138 g/mol. The predicted octanol–water partition coefficient (Wildman–Crippen LogP) is 1.27. The minimum absolute atomic E-state index is 0.123. The van der Waals surface area contributed by atoms with Crippen LogP contribution in [0.2, 0.25) is 0 Å². The second-order valence-electron chi connectivity index (χ2n) is 2.80. The lowest BCUT2D eigenvalue weighted by Crippen LogP contribution is -2.32. The Labute approximate surface area is 68.6 Å². The van der Waals surface area contributed by atoms with Gasteiger partial charge in [0.1, 0.15) is 0 Å².